The van der Waals surface area contributed by atoms with Crippen molar-refractivity contribution in [2.24, 2.45) is 4.99 Å². The maximum atomic E-state index is 12.6. The SMILES string of the molecule is COc1ccc(OCC(O)CN2C(N3CCCC3)=NC3C2C(=O)NC(=O)N3C)cc1. The number of imide groups is 1. The Morgan fingerprint density at radius 1 is 1.20 bits per heavy atom. The molecule has 1 aromatic carbocycles. The Balaban J connectivity index is 1.46. The molecule has 0 radical (unpaired) electrons. The zero-order valence-corrected chi connectivity index (χ0v) is 17.2. The number of amides is 3. The molecule has 10 nitrogen and oxygen atoms in total. The summed E-state index contributed by atoms with van der Waals surface area (Å²) in [6, 6.07) is 5.97. The number of methoxy groups -OCH3 is 1. The second-order valence-electron chi connectivity index (χ2n) is 7.68. The number of carbonyl (C=O) groups is 2. The molecule has 1 aromatic rings. The van der Waals surface area contributed by atoms with Crippen LogP contribution in [0.25, 0.3) is 0 Å². The number of ether oxygens (including phenoxy) is 2. The molecule has 2 N–H and O–H groups in total. The molecule has 0 aliphatic carbocycles. The average molecular weight is 417 g/mol. The van der Waals surface area contributed by atoms with Crippen molar-refractivity contribution in [1.82, 2.24) is 20.0 Å². The summed E-state index contributed by atoms with van der Waals surface area (Å²) in [5.41, 5.74) is 0. The summed E-state index contributed by atoms with van der Waals surface area (Å²) in [5, 5.41) is 13.0. The van der Waals surface area contributed by atoms with Crippen molar-refractivity contribution in [1.29, 1.82) is 0 Å². The minimum Gasteiger partial charge on any atom is -0.497 e. The van der Waals surface area contributed by atoms with Gasteiger partial charge in [0.15, 0.2) is 18.2 Å². The minimum atomic E-state index is -0.852. The summed E-state index contributed by atoms with van der Waals surface area (Å²) in [6.45, 7) is 1.91. The number of hydrogen-bond donors (Lipinski definition) is 2. The number of aliphatic imine (C=N–C) groups is 1. The smallest absolute Gasteiger partial charge is 0.325 e. The fourth-order valence-electron chi connectivity index (χ4n) is 4.03. The van der Waals surface area contributed by atoms with Crippen molar-refractivity contribution >= 4 is 17.9 Å². The van der Waals surface area contributed by atoms with Gasteiger partial charge in [-0.1, -0.05) is 0 Å². The zero-order valence-electron chi connectivity index (χ0n) is 17.2. The van der Waals surface area contributed by atoms with Crippen LogP contribution in [0.3, 0.4) is 0 Å². The molecule has 3 heterocycles. The van der Waals surface area contributed by atoms with Crippen molar-refractivity contribution in [3.63, 3.8) is 0 Å². The summed E-state index contributed by atoms with van der Waals surface area (Å²) in [7, 11) is 3.21. The summed E-state index contributed by atoms with van der Waals surface area (Å²) < 4.78 is 10.8. The van der Waals surface area contributed by atoms with E-state index in [0.717, 1.165) is 31.7 Å². The zero-order chi connectivity index (χ0) is 21.3. The van der Waals surface area contributed by atoms with E-state index in [-0.39, 0.29) is 13.2 Å². The Bertz CT molecular complexity index is 823. The third kappa shape index (κ3) is 3.87. The maximum absolute atomic E-state index is 12.6. The molecule has 0 spiro atoms. The van der Waals surface area contributed by atoms with Gasteiger partial charge in [0.05, 0.1) is 13.7 Å². The van der Waals surface area contributed by atoms with E-state index in [0.29, 0.717) is 11.7 Å². The number of likely N-dealkylation sites (N-methyl/N-ethyl adjacent to an activating group) is 1. The topological polar surface area (TPSA) is 107 Å². The molecule has 30 heavy (non-hydrogen) atoms. The number of carbonyl (C=O) groups excluding carboxylic acids is 2. The number of likely N-dealkylation sites (tertiary alicyclic amines) is 1. The van der Waals surface area contributed by atoms with Crippen LogP contribution in [0.15, 0.2) is 29.3 Å². The second-order valence-corrected chi connectivity index (χ2v) is 7.68. The van der Waals surface area contributed by atoms with Crippen molar-refractivity contribution in [2.45, 2.75) is 31.2 Å². The monoisotopic (exact) mass is 417 g/mol. The van der Waals surface area contributed by atoms with Gasteiger partial charge in [-0.15, -0.1) is 0 Å². The van der Waals surface area contributed by atoms with E-state index >= 15 is 0 Å². The molecule has 3 aliphatic heterocycles. The fourth-order valence-corrected chi connectivity index (χ4v) is 4.03. The van der Waals surface area contributed by atoms with Crippen LogP contribution in [0.2, 0.25) is 0 Å². The summed E-state index contributed by atoms with van der Waals surface area (Å²) in [6.07, 6.45) is 0.643. The van der Waals surface area contributed by atoms with Gasteiger partial charge in [-0.3, -0.25) is 10.1 Å². The van der Waals surface area contributed by atoms with Gasteiger partial charge in [-0.25, -0.2) is 9.79 Å². The number of nitrogens with one attached hydrogen (secondary N) is 1. The molecular weight excluding hydrogens is 390 g/mol. The Kier molecular flexibility index (Phi) is 5.67. The number of guanidine groups is 1. The highest BCUT2D eigenvalue weighted by atomic mass is 16.5. The van der Waals surface area contributed by atoms with Crippen molar-refractivity contribution in [3.05, 3.63) is 24.3 Å². The summed E-state index contributed by atoms with van der Waals surface area (Å²) >= 11 is 0. The largest absolute Gasteiger partial charge is 0.497 e. The first-order valence-electron chi connectivity index (χ1n) is 10.1. The van der Waals surface area contributed by atoms with Gasteiger partial charge >= 0.3 is 6.03 Å². The van der Waals surface area contributed by atoms with Gasteiger partial charge in [0.2, 0.25) is 0 Å². The van der Waals surface area contributed by atoms with Crippen LogP contribution in [0.1, 0.15) is 12.8 Å². The average Bonchev–Trinajstić information content (AvgIpc) is 3.39. The lowest BCUT2D eigenvalue weighted by atomic mass is 10.1. The van der Waals surface area contributed by atoms with E-state index in [9.17, 15) is 14.7 Å². The first-order valence-corrected chi connectivity index (χ1v) is 10.1. The van der Waals surface area contributed by atoms with Crippen LogP contribution in [-0.4, -0.2) is 96.4 Å². The molecule has 0 bridgehead atoms. The number of fused-ring (bicyclic) bond motifs is 1. The van der Waals surface area contributed by atoms with Gasteiger partial charge in [0, 0.05) is 20.1 Å². The molecule has 0 saturated carbocycles. The highest BCUT2D eigenvalue weighted by Gasteiger charge is 2.50. The van der Waals surface area contributed by atoms with Crippen LogP contribution >= 0.6 is 0 Å². The van der Waals surface area contributed by atoms with E-state index in [4.69, 9.17) is 14.5 Å². The standard InChI is InChI=1S/C20H27N5O5/c1-23-17-16(18(27)22-20(23)28)25(19(21-17)24-9-3-4-10-24)11-13(26)12-30-15-7-5-14(29-2)6-8-15/h5-8,13,16-17,26H,3-4,9-12H2,1-2H3,(H,22,27,28). The molecule has 2 fully saturated rings. The lowest BCUT2D eigenvalue weighted by Gasteiger charge is -2.37. The Hall–Kier alpha value is -3.01. The van der Waals surface area contributed by atoms with E-state index in [1.165, 1.54) is 4.90 Å². The van der Waals surface area contributed by atoms with Gasteiger partial charge in [-0.05, 0) is 37.1 Å². The third-order valence-corrected chi connectivity index (χ3v) is 5.64. The molecular formula is C20H27N5O5. The molecule has 4 rings (SSSR count). The van der Waals surface area contributed by atoms with E-state index < -0.39 is 30.2 Å². The summed E-state index contributed by atoms with van der Waals surface area (Å²) in [4.78, 5) is 34.7. The Labute approximate surface area is 175 Å². The van der Waals surface area contributed by atoms with E-state index in [2.05, 4.69) is 10.2 Å². The molecule has 162 valence electrons. The third-order valence-electron chi connectivity index (χ3n) is 5.64. The molecule has 3 amide bonds. The van der Waals surface area contributed by atoms with Crippen LogP contribution in [-0.2, 0) is 4.79 Å². The van der Waals surface area contributed by atoms with Gasteiger partial charge in [0.25, 0.3) is 5.91 Å². The van der Waals surface area contributed by atoms with Crippen molar-refractivity contribution in [2.75, 3.05) is 40.4 Å². The highest BCUT2D eigenvalue weighted by Crippen LogP contribution is 2.27. The number of nitrogens with zero attached hydrogens (tertiary/aromatic N) is 4. The quantitative estimate of drug-likeness (QED) is 0.675. The second kappa shape index (κ2) is 8.39. The van der Waals surface area contributed by atoms with Gasteiger partial charge < -0.3 is 29.3 Å². The highest BCUT2D eigenvalue weighted by molar-refractivity contribution is 6.03. The predicted octanol–water partition coefficient (Wildman–Crippen LogP) is 0.0786. The van der Waals surface area contributed by atoms with Gasteiger partial charge in [0.1, 0.15) is 24.2 Å². The number of hydrogen-bond acceptors (Lipinski definition) is 8. The number of urea groups is 1. The van der Waals surface area contributed by atoms with Crippen LogP contribution in [0, 0.1) is 0 Å². The summed E-state index contributed by atoms with van der Waals surface area (Å²) in [5.74, 6) is 1.59. The molecule has 3 atom stereocenters. The normalized spacial score (nSPS) is 24.5. The fraction of sp³-hybridized carbons (Fsp3) is 0.550. The molecule has 0 aromatic heterocycles. The molecule has 2 saturated heterocycles. The van der Waals surface area contributed by atoms with Crippen LogP contribution in [0.4, 0.5) is 4.79 Å². The number of aliphatic hydroxyl groups excluding tert-OH is 1. The first kappa shape index (κ1) is 20.3. The Morgan fingerprint density at radius 3 is 2.53 bits per heavy atom. The van der Waals surface area contributed by atoms with Crippen LogP contribution < -0.4 is 14.8 Å². The van der Waals surface area contributed by atoms with E-state index in [1.54, 1.807) is 43.3 Å². The lowest BCUT2D eigenvalue weighted by molar-refractivity contribution is -0.127. The van der Waals surface area contributed by atoms with Crippen LogP contribution in [0.5, 0.6) is 11.5 Å². The number of rotatable bonds is 6. The first-order chi connectivity index (χ1) is 14.5. The minimum absolute atomic E-state index is 0.0594. The maximum Gasteiger partial charge on any atom is 0.325 e. The lowest BCUT2D eigenvalue weighted by Crippen LogP contribution is -2.65. The number of aliphatic hydroxyl groups is 1. The molecule has 10 heteroatoms. The van der Waals surface area contributed by atoms with Gasteiger partial charge in [-0.2, -0.15) is 0 Å². The van der Waals surface area contributed by atoms with Crippen molar-refractivity contribution in [3.8, 4) is 11.5 Å². The number of benzene rings is 1. The molecule has 3 aliphatic rings. The molecule has 3 unspecified atom stereocenters. The predicted molar refractivity (Wildman–Crippen MR) is 108 cm³/mol. The van der Waals surface area contributed by atoms with E-state index in [1.807, 2.05) is 0 Å². The number of β-amino-alcohol motifs (C(OH)–C–C–N with tert-alkyl or cyclic N) is 1. The Morgan fingerprint density at radius 2 is 1.87 bits per heavy atom. The van der Waals surface area contributed by atoms with Crippen molar-refractivity contribution < 1.29 is 24.2 Å².